The first kappa shape index (κ1) is 12.8. The summed E-state index contributed by atoms with van der Waals surface area (Å²) in [7, 11) is 0. The predicted molar refractivity (Wildman–Crippen MR) is 70.5 cm³/mol. The third-order valence-electron chi connectivity index (χ3n) is 3.10. The summed E-state index contributed by atoms with van der Waals surface area (Å²) in [6.07, 6.45) is 0. The van der Waals surface area contributed by atoms with Gasteiger partial charge in [0.1, 0.15) is 18.2 Å². The minimum atomic E-state index is 0.167. The number of rotatable bonds is 3. The van der Waals surface area contributed by atoms with Gasteiger partial charge >= 0.3 is 0 Å². The van der Waals surface area contributed by atoms with Gasteiger partial charge in [-0.15, -0.1) is 0 Å². The minimum absolute atomic E-state index is 0.167. The zero-order chi connectivity index (χ0) is 13.3. The Morgan fingerprint density at radius 1 is 1.39 bits per heavy atom. The van der Waals surface area contributed by atoms with Crippen molar-refractivity contribution in [1.82, 2.24) is 14.9 Å². The third-order valence-corrected chi connectivity index (χ3v) is 3.10. The smallest absolute Gasteiger partial charge is 0.243 e. The number of hydrogen-bond acceptors (Lipinski definition) is 4. The van der Waals surface area contributed by atoms with Gasteiger partial charge < -0.3 is 9.80 Å². The van der Waals surface area contributed by atoms with Crippen LogP contribution in [0.3, 0.4) is 0 Å². The van der Waals surface area contributed by atoms with Crippen molar-refractivity contribution in [2.45, 2.75) is 33.6 Å². The highest BCUT2D eigenvalue weighted by Crippen LogP contribution is 2.20. The van der Waals surface area contributed by atoms with Gasteiger partial charge in [0, 0.05) is 24.2 Å². The van der Waals surface area contributed by atoms with Crippen LogP contribution in [0.4, 0.5) is 5.82 Å². The molecule has 0 radical (unpaired) electrons. The lowest BCUT2D eigenvalue weighted by Gasteiger charge is -2.19. The number of aryl methyl sites for hydroxylation is 1. The highest BCUT2D eigenvalue weighted by molar-refractivity contribution is 5.84. The van der Waals surface area contributed by atoms with Crippen molar-refractivity contribution in [2.24, 2.45) is 0 Å². The number of aromatic nitrogens is 2. The topological polar surface area (TPSA) is 49.3 Å². The Morgan fingerprint density at radius 3 is 2.67 bits per heavy atom. The second-order valence-electron chi connectivity index (χ2n) is 4.97. The summed E-state index contributed by atoms with van der Waals surface area (Å²) in [5.41, 5.74) is 0.950. The van der Waals surface area contributed by atoms with E-state index in [-0.39, 0.29) is 5.91 Å². The average Bonchev–Trinajstić information content (AvgIpc) is 2.69. The van der Waals surface area contributed by atoms with Crippen LogP contribution in [0.5, 0.6) is 0 Å². The monoisotopic (exact) mass is 248 g/mol. The molecule has 1 amide bonds. The molecule has 1 aliphatic rings. The summed E-state index contributed by atoms with van der Waals surface area (Å²) in [5.74, 6) is 2.16. The number of amides is 1. The van der Waals surface area contributed by atoms with Crippen LogP contribution >= 0.6 is 0 Å². The number of anilines is 1. The SMILES string of the molecule is CCN1CN(c2cc(C)nc(C(C)C)n2)CC1=O. The molecule has 1 aliphatic heterocycles. The Bertz CT molecular complexity index is 458. The van der Waals surface area contributed by atoms with E-state index in [9.17, 15) is 4.79 Å². The van der Waals surface area contributed by atoms with E-state index in [4.69, 9.17) is 0 Å². The molecule has 2 rings (SSSR count). The predicted octanol–water partition coefficient (Wildman–Crippen LogP) is 1.53. The number of nitrogens with zero attached hydrogens (tertiary/aromatic N) is 4. The molecule has 18 heavy (non-hydrogen) atoms. The molecule has 0 aromatic carbocycles. The van der Waals surface area contributed by atoms with Crippen molar-refractivity contribution >= 4 is 11.7 Å². The molecule has 0 aliphatic carbocycles. The average molecular weight is 248 g/mol. The Balaban J connectivity index is 2.26. The zero-order valence-corrected chi connectivity index (χ0v) is 11.5. The molecule has 98 valence electrons. The highest BCUT2D eigenvalue weighted by atomic mass is 16.2. The highest BCUT2D eigenvalue weighted by Gasteiger charge is 2.27. The third kappa shape index (κ3) is 2.44. The lowest BCUT2D eigenvalue weighted by atomic mass is 10.2. The lowest BCUT2D eigenvalue weighted by Crippen LogP contribution is -2.27. The fourth-order valence-corrected chi connectivity index (χ4v) is 2.02. The lowest BCUT2D eigenvalue weighted by molar-refractivity contribution is -0.126. The summed E-state index contributed by atoms with van der Waals surface area (Å²) in [4.78, 5) is 24.5. The molecule has 1 aromatic rings. The Hall–Kier alpha value is -1.65. The van der Waals surface area contributed by atoms with Crippen LogP contribution in [0.2, 0.25) is 0 Å². The number of hydrogen-bond donors (Lipinski definition) is 0. The van der Waals surface area contributed by atoms with Gasteiger partial charge in [0.05, 0.1) is 6.67 Å². The fraction of sp³-hybridized carbons (Fsp3) is 0.615. The molecule has 0 bridgehead atoms. The molecule has 5 heteroatoms. The molecular weight excluding hydrogens is 228 g/mol. The molecule has 0 atom stereocenters. The van der Waals surface area contributed by atoms with Crippen LogP contribution in [-0.4, -0.2) is 40.5 Å². The molecular formula is C13H20N4O. The van der Waals surface area contributed by atoms with Gasteiger partial charge in [0.15, 0.2) is 0 Å². The van der Waals surface area contributed by atoms with Crippen LogP contribution in [0.1, 0.15) is 38.2 Å². The van der Waals surface area contributed by atoms with Gasteiger partial charge in [0.2, 0.25) is 5.91 Å². The van der Waals surface area contributed by atoms with Crippen LogP contribution in [-0.2, 0) is 4.79 Å². The Labute approximate surface area is 108 Å². The standard InChI is InChI=1S/C13H20N4O/c1-5-16-8-17(7-12(16)18)11-6-10(4)14-13(15-11)9(2)3/h6,9H,5,7-8H2,1-4H3. The van der Waals surface area contributed by atoms with Crippen molar-refractivity contribution in [3.63, 3.8) is 0 Å². The van der Waals surface area contributed by atoms with Crippen LogP contribution in [0.25, 0.3) is 0 Å². The van der Waals surface area contributed by atoms with Gasteiger partial charge in [-0.25, -0.2) is 9.97 Å². The Morgan fingerprint density at radius 2 is 2.11 bits per heavy atom. The van der Waals surface area contributed by atoms with Crippen LogP contribution in [0.15, 0.2) is 6.07 Å². The maximum atomic E-state index is 11.7. The summed E-state index contributed by atoms with van der Waals surface area (Å²) < 4.78 is 0. The molecule has 0 unspecified atom stereocenters. The summed E-state index contributed by atoms with van der Waals surface area (Å²) in [5, 5.41) is 0. The van der Waals surface area contributed by atoms with E-state index >= 15 is 0 Å². The largest absolute Gasteiger partial charge is 0.329 e. The van der Waals surface area contributed by atoms with E-state index in [0.717, 1.165) is 23.9 Å². The zero-order valence-electron chi connectivity index (χ0n) is 11.5. The van der Waals surface area contributed by atoms with E-state index in [1.165, 1.54) is 0 Å². The number of carbonyl (C=O) groups excluding carboxylic acids is 1. The second kappa shape index (κ2) is 4.92. The number of carbonyl (C=O) groups is 1. The summed E-state index contributed by atoms with van der Waals surface area (Å²) >= 11 is 0. The minimum Gasteiger partial charge on any atom is -0.329 e. The van der Waals surface area contributed by atoms with Crippen LogP contribution < -0.4 is 4.90 Å². The van der Waals surface area contributed by atoms with Gasteiger partial charge in [-0.3, -0.25) is 4.79 Å². The fourth-order valence-electron chi connectivity index (χ4n) is 2.02. The van der Waals surface area contributed by atoms with Crippen LogP contribution in [0, 0.1) is 6.92 Å². The maximum Gasteiger partial charge on any atom is 0.243 e. The first-order valence-electron chi connectivity index (χ1n) is 6.39. The first-order valence-corrected chi connectivity index (χ1v) is 6.39. The van der Waals surface area contributed by atoms with E-state index in [1.807, 2.05) is 29.7 Å². The van der Waals surface area contributed by atoms with Crippen molar-refractivity contribution in [3.05, 3.63) is 17.6 Å². The van der Waals surface area contributed by atoms with Gasteiger partial charge in [0.25, 0.3) is 0 Å². The first-order chi connectivity index (χ1) is 8.51. The van der Waals surface area contributed by atoms with Crippen molar-refractivity contribution in [1.29, 1.82) is 0 Å². The van der Waals surface area contributed by atoms with Gasteiger partial charge in [-0.05, 0) is 13.8 Å². The van der Waals surface area contributed by atoms with Crippen molar-refractivity contribution in [3.8, 4) is 0 Å². The molecule has 1 aromatic heterocycles. The van der Waals surface area contributed by atoms with E-state index in [0.29, 0.717) is 19.1 Å². The quantitative estimate of drug-likeness (QED) is 0.814. The molecule has 2 heterocycles. The van der Waals surface area contributed by atoms with E-state index < -0.39 is 0 Å². The van der Waals surface area contributed by atoms with Crippen molar-refractivity contribution < 1.29 is 4.79 Å². The molecule has 0 N–H and O–H groups in total. The second-order valence-corrected chi connectivity index (χ2v) is 4.97. The Kier molecular flexibility index (Phi) is 3.50. The summed E-state index contributed by atoms with van der Waals surface area (Å²) in [6, 6.07) is 1.94. The molecule has 0 saturated carbocycles. The maximum absolute atomic E-state index is 11.7. The van der Waals surface area contributed by atoms with Gasteiger partial charge in [-0.2, -0.15) is 0 Å². The number of likely N-dealkylation sites (N-methyl/N-ethyl adjacent to an activating group) is 1. The molecule has 1 fully saturated rings. The van der Waals surface area contributed by atoms with E-state index in [1.54, 1.807) is 0 Å². The molecule has 1 saturated heterocycles. The van der Waals surface area contributed by atoms with E-state index in [2.05, 4.69) is 23.8 Å². The van der Waals surface area contributed by atoms with Gasteiger partial charge in [-0.1, -0.05) is 13.8 Å². The normalized spacial score (nSPS) is 15.9. The molecule has 5 nitrogen and oxygen atoms in total. The van der Waals surface area contributed by atoms with Crippen molar-refractivity contribution in [2.75, 3.05) is 24.7 Å². The molecule has 0 spiro atoms. The summed E-state index contributed by atoms with van der Waals surface area (Å²) in [6.45, 7) is 9.90.